The van der Waals surface area contributed by atoms with Gasteiger partial charge in [0, 0.05) is 11.8 Å². The predicted molar refractivity (Wildman–Crippen MR) is 93.5 cm³/mol. The zero-order valence-corrected chi connectivity index (χ0v) is 13.9. The summed E-state index contributed by atoms with van der Waals surface area (Å²) in [5.41, 5.74) is 9.00. The van der Waals surface area contributed by atoms with Gasteiger partial charge in [0.05, 0.1) is 22.0 Å². The second kappa shape index (κ2) is 6.34. The first kappa shape index (κ1) is 15.4. The lowest BCUT2D eigenvalue weighted by molar-refractivity contribution is 0.0935. The van der Waals surface area contributed by atoms with Gasteiger partial charge in [-0.15, -0.1) is 0 Å². The van der Waals surface area contributed by atoms with Crippen LogP contribution < -0.4 is 11.1 Å². The molecule has 0 radical (unpaired) electrons. The van der Waals surface area contributed by atoms with Crippen molar-refractivity contribution in [3.63, 3.8) is 0 Å². The molecule has 23 heavy (non-hydrogen) atoms. The quantitative estimate of drug-likeness (QED) is 0.769. The average Bonchev–Trinajstić information content (AvgIpc) is 2.92. The Morgan fingerprint density at radius 3 is 2.87 bits per heavy atom. The minimum atomic E-state index is -0.132. The van der Waals surface area contributed by atoms with Crippen LogP contribution in [0.3, 0.4) is 0 Å². The number of nitrogens with two attached hydrogens (primary N) is 1. The fourth-order valence-electron chi connectivity index (χ4n) is 2.40. The largest absolute Gasteiger partial charge is 0.375 e. The molecule has 3 N–H and O–H groups in total. The SMILES string of the molecule is CCC(NC(=O)c1ccc2sc(N)nc2c1)c1ccc(C)cn1. The lowest BCUT2D eigenvalue weighted by atomic mass is 10.1. The Bertz CT molecular complexity index is 841. The van der Waals surface area contributed by atoms with E-state index in [4.69, 9.17) is 5.73 Å². The van der Waals surface area contributed by atoms with E-state index in [-0.39, 0.29) is 11.9 Å². The van der Waals surface area contributed by atoms with Crippen molar-refractivity contribution in [3.8, 4) is 0 Å². The summed E-state index contributed by atoms with van der Waals surface area (Å²) in [6.07, 6.45) is 2.59. The first-order valence-corrected chi connectivity index (χ1v) is 8.28. The number of amides is 1. The lowest BCUT2D eigenvalue weighted by Gasteiger charge is -2.16. The van der Waals surface area contributed by atoms with Gasteiger partial charge in [0.2, 0.25) is 0 Å². The molecule has 118 valence electrons. The summed E-state index contributed by atoms with van der Waals surface area (Å²) in [6.45, 7) is 4.02. The predicted octanol–water partition coefficient (Wildman–Crippen LogP) is 3.46. The van der Waals surface area contributed by atoms with E-state index in [0.29, 0.717) is 10.7 Å². The maximum atomic E-state index is 12.5. The van der Waals surface area contributed by atoms with Crippen LogP contribution in [0.2, 0.25) is 0 Å². The summed E-state index contributed by atoms with van der Waals surface area (Å²) >= 11 is 1.41. The molecular formula is C17H18N4OS. The number of benzene rings is 1. The number of carbonyl (C=O) groups is 1. The zero-order chi connectivity index (χ0) is 16.4. The molecule has 1 atom stereocenters. The molecule has 1 unspecified atom stereocenters. The number of pyridine rings is 1. The number of aryl methyl sites for hydroxylation is 1. The van der Waals surface area contributed by atoms with Gasteiger partial charge >= 0.3 is 0 Å². The van der Waals surface area contributed by atoms with Crippen LogP contribution in [0.15, 0.2) is 36.5 Å². The van der Waals surface area contributed by atoms with Crippen molar-refractivity contribution in [3.05, 3.63) is 53.3 Å². The van der Waals surface area contributed by atoms with E-state index < -0.39 is 0 Å². The monoisotopic (exact) mass is 326 g/mol. The number of carbonyl (C=O) groups excluding carboxylic acids is 1. The van der Waals surface area contributed by atoms with Gasteiger partial charge in [-0.05, 0) is 43.2 Å². The summed E-state index contributed by atoms with van der Waals surface area (Å²) in [5, 5.41) is 3.54. The number of aromatic nitrogens is 2. The maximum Gasteiger partial charge on any atom is 0.251 e. The van der Waals surface area contributed by atoms with E-state index in [2.05, 4.69) is 15.3 Å². The van der Waals surface area contributed by atoms with E-state index in [1.807, 2.05) is 38.2 Å². The molecule has 1 amide bonds. The number of nitrogen functional groups attached to an aromatic ring is 1. The third-order valence-electron chi connectivity index (χ3n) is 3.67. The van der Waals surface area contributed by atoms with Crippen LogP contribution in [0.5, 0.6) is 0 Å². The number of rotatable bonds is 4. The summed E-state index contributed by atoms with van der Waals surface area (Å²) < 4.78 is 0.978. The van der Waals surface area contributed by atoms with Crippen LogP contribution in [0.25, 0.3) is 10.2 Å². The number of fused-ring (bicyclic) bond motifs is 1. The zero-order valence-electron chi connectivity index (χ0n) is 13.0. The van der Waals surface area contributed by atoms with Crippen molar-refractivity contribution in [2.75, 3.05) is 5.73 Å². The molecule has 2 heterocycles. The van der Waals surface area contributed by atoms with Gasteiger partial charge in [-0.2, -0.15) is 0 Å². The number of thiazole rings is 1. The molecule has 0 fully saturated rings. The first-order chi connectivity index (χ1) is 11.1. The van der Waals surface area contributed by atoms with Gasteiger partial charge < -0.3 is 11.1 Å². The molecule has 6 heteroatoms. The van der Waals surface area contributed by atoms with Crippen LogP contribution in [-0.4, -0.2) is 15.9 Å². The van der Waals surface area contributed by atoms with E-state index >= 15 is 0 Å². The van der Waals surface area contributed by atoms with Crippen LogP contribution in [0.4, 0.5) is 5.13 Å². The molecule has 2 aromatic heterocycles. The Hall–Kier alpha value is -2.47. The molecule has 5 nitrogen and oxygen atoms in total. The van der Waals surface area contributed by atoms with Crippen molar-refractivity contribution in [2.45, 2.75) is 26.3 Å². The first-order valence-electron chi connectivity index (χ1n) is 7.46. The Balaban J connectivity index is 1.81. The van der Waals surface area contributed by atoms with Crippen molar-refractivity contribution >= 4 is 32.6 Å². The van der Waals surface area contributed by atoms with E-state index in [1.54, 1.807) is 12.1 Å². The van der Waals surface area contributed by atoms with E-state index in [9.17, 15) is 4.79 Å². The normalized spacial score (nSPS) is 12.3. The van der Waals surface area contributed by atoms with Gasteiger partial charge in [-0.25, -0.2) is 4.98 Å². The maximum absolute atomic E-state index is 12.5. The van der Waals surface area contributed by atoms with Crippen molar-refractivity contribution in [1.29, 1.82) is 0 Å². The van der Waals surface area contributed by atoms with Crippen LogP contribution >= 0.6 is 11.3 Å². The molecule has 1 aromatic carbocycles. The van der Waals surface area contributed by atoms with Crippen molar-refractivity contribution in [1.82, 2.24) is 15.3 Å². The number of anilines is 1. The van der Waals surface area contributed by atoms with E-state index in [1.165, 1.54) is 11.3 Å². The number of nitrogens with one attached hydrogen (secondary N) is 1. The number of hydrogen-bond donors (Lipinski definition) is 2. The smallest absolute Gasteiger partial charge is 0.251 e. The highest BCUT2D eigenvalue weighted by Crippen LogP contribution is 2.25. The highest BCUT2D eigenvalue weighted by Gasteiger charge is 2.16. The van der Waals surface area contributed by atoms with Gasteiger partial charge in [0.1, 0.15) is 0 Å². The summed E-state index contributed by atoms with van der Waals surface area (Å²) in [7, 11) is 0. The fraction of sp³-hybridized carbons (Fsp3) is 0.235. The molecule has 0 saturated heterocycles. The van der Waals surface area contributed by atoms with Gasteiger partial charge in [-0.1, -0.05) is 24.3 Å². The third kappa shape index (κ3) is 3.32. The molecule has 0 aliphatic heterocycles. The van der Waals surface area contributed by atoms with Crippen LogP contribution in [0, 0.1) is 6.92 Å². The van der Waals surface area contributed by atoms with Gasteiger partial charge in [0.25, 0.3) is 5.91 Å². The molecule has 0 saturated carbocycles. The topological polar surface area (TPSA) is 80.9 Å². The second-order valence-electron chi connectivity index (χ2n) is 5.43. The molecule has 0 spiro atoms. The van der Waals surface area contributed by atoms with Crippen LogP contribution in [-0.2, 0) is 0 Å². The highest BCUT2D eigenvalue weighted by molar-refractivity contribution is 7.22. The Morgan fingerprint density at radius 2 is 2.17 bits per heavy atom. The highest BCUT2D eigenvalue weighted by atomic mass is 32.1. The second-order valence-corrected chi connectivity index (χ2v) is 6.49. The molecule has 3 rings (SSSR count). The molecule has 0 aliphatic rings. The summed E-state index contributed by atoms with van der Waals surface area (Å²) in [4.78, 5) is 21.1. The minimum Gasteiger partial charge on any atom is -0.375 e. The molecular weight excluding hydrogens is 308 g/mol. The summed E-state index contributed by atoms with van der Waals surface area (Å²) in [6, 6.07) is 9.29. The third-order valence-corrected chi connectivity index (χ3v) is 4.54. The van der Waals surface area contributed by atoms with Crippen LogP contribution in [0.1, 0.15) is 41.0 Å². The standard InChI is InChI=1S/C17H18N4OS/c1-3-12(13-6-4-10(2)9-19-13)20-16(22)11-5-7-15-14(8-11)21-17(18)23-15/h4-9,12H,3H2,1-2H3,(H2,18,21)(H,20,22). The Kier molecular flexibility index (Phi) is 4.25. The summed E-state index contributed by atoms with van der Waals surface area (Å²) in [5.74, 6) is -0.132. The number of nitrogens with zero attached hydrogens (tertiary/aromatic N) is 2. The van der Waals surface area contributed by atoms with Gasteiger partial charge in [-0.3, -0.25) is 9.78 Å². The Labute approximate surface area is 138 Å². The van der Waals surface area contributed by atoms with Gasteiger partial charge in [0.15, 0.2) is 5.13 Å². The lowest BCUT2D eigenvalue weighted by Crippen LogP contribution is -2.28. The Morgan fingerprint density at radius 1 is 1.35 bits per heavy atom. The minimum absolute atomic E-state index is 0.112. The van der Waals surface area contributed by atoms with Crippen molar-refractivity contribution < 1.29 is 4.79 Å². The molecule has 0 aliphatic carbocycles. The number of hydrogen-bond acceptors (Lipinski definition) is 5. The molecule has 0 bridgehead atoms. The fourth-order valence-corrected chi connectivity index (χ4v) is 3.11. The van der Waals surface area contributed by atoms with E-state index in [0.717, 1.165) is 27.9 Å². The average molecular weight is 326 g/mol. The van der Waals surface area contributed by atoms with Crippen molar-refractivity contribution in [2.24, 2.45) is 0 Å². The molecule has 3 aromatic rings.